The summed E-state index contributed by atoms with van der Waals surface area (Å²) in [6.45, 7) is 3.67. The lowest BCUT2D eigenvalue weighted by Gasteiger charge is -2.42. The van der Waals surface area contributed by atoms with Crippen LogP contribution in [-0.2, 0) is 33.2 Å². The molecule has 2 saturated heterocycles. The number of esters is 1. The Labute approximate surface area is 429 Å². The van der Waals surface area contributed by atoms with Gasteiger partial charge in [0.1, 0.15) is 54.9 Å². The van der Waals surface area contributed by atoms with Crippen LogP contribution < -0.4 is 0 Å². The SMILES string of the molecule is CCCCCC/C=C\CCCCCCCCOCC(COC1OC(COC2OC(CO)C(O)C(O)C2O)C(O)C(O)C1O)OC(=O)CCCCCCCCCCCCC/C=C\C/C=C\CCCCCCC. The predicted molar refractivity (Wildman–Crippen MR) is 280 cm³/mol. The summed E-state index contributed by atoms with van der Waals surface area (Å²) in [6.07, 6.45) is 34.9. The largest absolute Gasteiger partial charge is 0.457 e. The van der Waals surface area contributed by atoms with Gasteiger partial charge in [-0.05, 0) is 70.6 Å². The average Bonchev–Trinajstić information content (AvgIpc) is 3.37. The van der Waals surface area contributed by atoms with Gasteiger partial charge in [-0.3, -0.25) is 4.79 Å². The number of allylic oxidation sites excluding steroid dienone is 6. The van der Waals surface area contributed by atoms with E-state index in [2.05, 4.69) is 50.3 Å². The van der Waals surface area contributed by atoms with Crippen LogP contribution in [0.5, 0.6) is 0 Å². The zero-order valence-corrected chi connectivity index (χ0v) is 44.5. The van der Waals surface area contributed by atoms with Gasteiger partial charge in [-0.2, -0.15) is 0 Å². The van der Waals surface area contributed by atoms with Crippen LogP contribution in [0.4, 0.5) is 0 Å². The summed E-state index contributed by atoms with van der Waals surface area (Å²) < 4.78 is 34.3. The van der Waals surface area contributed by atoms with E-state index >= 15 is 0 Å². The molecular weight excluding hydrogens is 909 g/mol. The lowest BCUT2D eigenvalue weighted by molar-refractivity contribution is -0.332. The Balaban J connectivity index is 1.71. The molecule has 2 fully saturated rings. The third-order valence-electron chi connectivity index (χ3n) is 13.6. The summed E-state index contributed by atoms with van der Waals surface area (Å²) >= 11 is 0. The van der Waals surface area contributed by atoms with Gasteiger partial charge in [-0.25, -0.2) is 0 Å². The van der Waals surface area contributed by atoms with E-state index in [0.717, 1.165) is 51.4 Å². The minimum Gasteiger partial charge on any atom is -0.457 e. The number of hydrogen-bond acceptors (Lipinski definition) is 14. The van der Waals surface area contributed by atoms with Gasteiger partial charge >= 0.3 is 5.97 Å². The highest BCUT2D eigenvalue weighted by Gasteiger charge is 2.47. The van der Waals surface area contributed by atoms with Gasteiger partial charge in [0.25, 0.3) is 0 Å². The Morgan fingerprint density at radius 2 is 0.873 bits per heavy atom. The van der Waals surface area contributed by atoms with Crippen molar-refractivity contribution in [1.29, 1.82) is 0 Å². The van der Waals surface area contributed by atoms with Crippen LogP contribution >= 0.6 is 0 Å². The van der Waals surface area contributed by atoms with Crippen LogP contribution in [0, 0.1) is 0 Å². The lowest BCUT2D eigenvalue weighted by Crippen LogP contribution is -2.61. The Morgan fingerprint density at radius 3 is 1.38 bits per heavy atom. The van der Waals surface area contributed by atoms with Gasteiger partial charge in [0, 0.05) is 13.0 Å². The fourth-order valence-electron chi connectivity index (χ4n) is 8.96. The second-order valence-electron chi connectivity index (χ2n) is 20.1. The Hall–Kier alpha value is -1.79. The molecule has 2 aliphatic heterocycles. The standard InChI is InChI=1S/C57H104O14/c1-3-5-7-9-11-13-15-17-19-20-21-22-23-24-25-26-27-28-30-32-34-36-38-40-49(59)69-46(43-66-41-39-37-35-33-31-29-18-16-14-12-10-8-6-4-2)44-67-56-55(65)53(63)51(61)48(71-56)45-68-57-54(64)52(62)50(60)47(42-58)70-57/h14-17,20-21,46-48,50-58,60-65H,3-13,18-19,22-45H2,1-2H3/b16-14-,17-15-,21-20-. The van der Waals surface area contributed by atoms with Gasteiger partial charge in [0.2, 0.25) is 0 Å². The molecule has 0 aromatic carbocycles. The second kappa shape index (κ2) is 44.5. The molecule has 2 rings (SSSR count). The summed E-state index contributed by atoms with van der Waals surface area (Å²) in [7, 11) is 0. The number of aliphatic hydroxyl groups is 7. The van der Waals surface area contributed by atoms with Crippen molar-refractivity contribution in [3.8, 4) is 0 Å². The first-order valence-corrected chi connectivity index (χ1v) is 28.6. The number of ether oxygens (including phenoxy) is 6. The quantitative estimate of drug-likeness (QED) is 0.0172. The molecule has 14 heteroatoms. The number of rotatable bonds is 46. The van der Waals surface area contributed by atoms with Crippen molar-refractivity contribution in [2.75, 3.05) is 33.0 Å². The number of carbonyl (C=O) groups excluding carboxylic acids is 1. The zero-order valence-electron chi connectivity index (χ0n) is 44.5. The molecule has 0 bridgehead atoms. The minimum atomic E-state index is -1.71. The molecule has 7 N–H and O–H groups in total. The first-order valence-electron chi connectivity index (χ1n) is 28.6. The summed E-state index contributed by atoms with van der Waals surface area (Å²) in [5.41, 5.74) is 0. The molecule has 0 aromatic heterocycles. The summed E-state index contributed by atoms with van der Waals surface area (Å²) in [4.78, 5) is 13.1. The molecule has 0 spiro atoms. The van der Waals surface area contributed by atoms with E-state index in [-0.39, 0.29) is 25.6 Å². The topological polar surface area (TPSA) is 214 Å². The molecular formula is C57H104O14. The fourth-order valence-corrected chi connectivity index (χ4v) is 8.96. The van der Waals surface area contributed by atoms with Crippen molar-refractivity contribution in [2.24, 2.45) is 0 Å². The zero-order chi connectivity index (χ0) is 51.6. The normalized spacial score (nSPS) is 25.5. The van der Waals surface area contributed by atoms with Crippen molar-refractivity contribution in [3.05, 3.63) is 36.5 Å². The van der Waals surface area contributed by atoms with Crippen molar-refractivity contribution in [2.45, 2.75) is 287 Å². The average molecular weight is 1010 g/mol. The van der Waals surface area contributed by atoms with Crippen molar-refractivity contribution in [1.82, 2.24) is 0 Å². The van der Waals surface area contributed by atoms with Crippen LogP contribution in [0.15, 0.2) is 36.5 Å². The summed E-state index contributed by atoms with van der Waals surface area (Å²) in [5.74, 6) is -0.379. The number of aliphatic hydroxyl groups excluding tert-OH is 7. The molecule has 0 amide bonds. The third kappa shape index (κ3) is 31.6. The maximum absolute atomic E-state index is 13.1. The Bertz CT molecular complexity index is 1310. The molecule has 0 aliphatic carbocycles. The molecule has 416 valence electrons. The van der Waals surface area contributed by atoms with E-state index in [0.29, 0.717) is 13.0 Å². The van der Waals surface area contributed by atoms with Crippen LogP contribution in [0.25, 0.3) is 0 Å². The molecule has 0 aromatic rings. The van der Waals surface area contributed by atoms with E-state index in [1.54, 1.807) is 0 Å². The fraction of sp³-hybridized carbons (Fsp3) is 0.877. The van der Waals surface area contributed by atoms with Crippen molar-refractivity contribution >= 4 is 5.97 Å². The Morgan fingerprint density at radius 1 is 0.465 bits per heavy atom. The van der Waals surface area contributed by atoms with Gasteiger partial charge in [-0.1, -0.05) is 179 Å². The van der Waals surface area contributed by atoms with Crippen molar-refractivity contribution in [3.63, 3.8) is 0 Å². The van der Waals surface area contributed by atoms with Crippen LogP contribution in [0.2, 0.25) is 0 Å². The number of carbonyl (C=O) groups is 1. The monoisotopic (exact) mass is 1010 g/mol. The minimum absolute atomic E-state index is 0.0580. The van der Waals surface area contributed by atoms with Crippen molar-refractivity contribution < 1.29 is 69.0 Å². The van der Waals surface area contributed by atoms with E-state index < -0.39 is 80.7 Å². The molecule has 0 saturated carbocycles. The lowest BCUT2D eigenvalue weighted by atomic mass is 9.98. The summed E-state index contributed by atoms with van der Waals surface area (Å²) in [5, 5.41) is 72.3. The number of hydrogen-bond donors (Lipinski definition) is 7. The molecule has 0 radical (unpaired) electrons. The molecule has 11 unspecified atom stereocenters. The molecule has 71 heavy (non-hydrogen) atoms. The first-order chi connectivity index (χ1) is 34.6. The number of unbranched alkanes of at least 4 members (excludes halogenated alkanes) is 26. The van der Waals surface area contributed by atoms with Crippen LogP contribution in [-0.4, -0.2) is 142 Å². The van der Waals surface area contributed by atoms with E-state index in [1.165, 1.54) is 141 Å². The second-order valence-corrected chi connectivity index (χ2v) is 20.1. The van der Waals surface area contributed by atoms with Gasteiger partial charge in [0.05, 0.1) is 26.4 Å². The molecule has 2 aliphatic rings. The van der Waals surface area contributed by atoms with Crippen LogP contribution in [0.1, 0.15) is 219 Å². The van der Waals surface area contributed by atoms with Gasteiger partial charge < -0.3 is 64.2 Å². The van der Waals surface area contributed by atoms with E-state index in [9.17, 15) is 40.5 Å². The van der Waals surface area contributed by atoms with E-state index in [4.69, 9.17) is 28.4 Å². The van der Waals surface area contributed by atoms with E-state index in [1.807, 2.05) is 0 Å². The smallest absolute Gasteiger partial charge is 0.306 e. The predicted octanol–water partition coefficient (Wildman–Crippen LogP) is 9.75. The molecule has 14 nitrogen and oxygen atoms in total. The highest BCUT2D eigenvalue weighted by molar-refractivity contribution is 5.69. The molecule has 2 heterocycles. The van der Waals surface area contributed by atoms with Crippen LogP contribution in [0.3, 0.4) is 0 Å². The third-order valence-corrected chi connectivity index (χ3v) is 13.6. The molecule has 11 atom stereocenters. The maximum atomic E-state index is 13.1. The maximum Gasteiger partial charge on any atom is 0.306 e. The van der Waals surface area contributed by atoms with Gasteiger partial charge in [-0.15, -0.1) is 0 Å². The Kier molecular flexibility index (Phi) is 40.9. The first kappa shape index (κ1) is 65.3. The highest BCUT2D eigenvalue weighted by Crippen LogP contribution is 2.27. The van der Waals surface area contributed by atoms with Gasteiger partial charge in [0.15, 0.2) is 12.6 Å². The highest BCUT2D eigenvalue weighted by atomic mass is 16.7. The summed E-state index contributed by atoms with van der Waals surface area (Å²) in [6, 6.07) is 0.